The second-order valence-corrected chi connectivity index (χ2v) is 4.95. The van der Waals surface area contributed by atoms with Crippen molar-refractivity contribution in [2.75, 3.05) is 0 Å². The van der Waals surface area contributed by atoms with Crippen LogP contribution in [0.4, 0.5) is 4.39 Å². The van der Waals surface area contributed by atoms with Crippen molar-refractivity contribution in [1.82, 2.24) is 4.98 Å². The summed E-state index contributed by atoms with van der Waals surface area (Å²) in [7, 11) is 0. The molecule has 18 heavy (non-hydrogen) atoms. The smallest absolute Gasteiger partial charge is 0.219 e. The minimum atomic E-state index is -0.347. The van der Waals surface area contributed by atoms with E-state index in [0.29, 0.717) is 21.1 Å². The Morgan fingerprint density at radius 1 is 1.33 bits per heavy atom. The normalized spacial score (nSPS) is 10.4. The van der Waals surface area contributed by atoms with Crippen LogP contribution in [0.2, 0.25) is 5.02 Å². The van der Waals surface area contributed by atoms with Crippen LogP contribution in [-0.4, -0.2) is 4.98 Å². The molecule has 0 amide bonds. The number of nitrogens with zero attached hydrogens (tertiary/aromatic N) is 1. The molecular formula is C12H7BrCl2FNO. The fourth-order valence-electron chi connectivity index (χ4n) is 1.29. The van der Waals surface area contributed by atoms with Crippen molar-refractivity contribution >= 4 is 39.1 Å². The van der Waals surface area contributed by atoms with Gasteiger partial charge in [0.1, 0.15) is 11.6 Å². The predicted molar refractivity (Wildman–Crippen MR) is 73.0 cm³/mol. The van der Waals surface area contributed by atoms with Gasteiger partial charge in [-0.05, 0) is 39.7 Å². The number of pyridine rings is 1. The molecule has 6 heteroatoms. The van der Waals surface area contributed by atoms with Crippen LogP contribution >= 0.6 is 39.1 Å². The highest BCUT2D eigenvalue weighted by atomic mass is 79.9. The zero-order chi connectivity index (χ0) is 13.1. The SMILES string of the molecule is Fc1ccc(Oc2cc(CCl)c(Cl)cn2)c(Br)c1. The molecule has 0 spiro atoms. The van der Waals surface area contributed by atoms with E-state index in [1.165, 1.54) is 24.4 Å². The minimum Gasteiger partial charge on any atom is -0.438 e. The Morgan fingerprint density at radius 3 is 2.78 bits per heavy atom. The summed E-state index contributed by atoms with van der Waals surface area (Å²) in [4.78, 5) is 4.02. The van der Waals surface area contributed by atoms with Crippen molar-refractivity contribution in [2.45, 2.75) is 5.88 Å². The van der Waals surface area contributed by atoms with Gasteiger partial charge in [-0.15, -0.1) is 11.6 Å². The van der Waals surface area contributed by atoms with Gasteiger partial charge in [-0.25, -0.2) is 9.37 Å². The van der Waals surface area contributed by atoms with Gasteiger partial charge >= 0.3 is 0 Å². The quantitative estimate of drug-likeness (QED) is 0.712. The van der Waals surface area contributed by atoms with Crippen molar-refractivity contribution in [3.8, 4) is 11.6 Å². The van der Waals surface area contributed by atoms with Crippen molar-refractivity contribution in [3.63, 3.8) is 0 Å². The largest absolute Gasteiger partial charge is 0.438 e. The van der Waals surface area contributed by atoms with Crippen molar-refractivity contribution in [2.24, 2.45) is 0 Å². The van der Waals surface area contributed by atoms with Crippen LogP contribution in [0.5, 0.6) is 11.6 Å². The highest BCUT2D eigenvalue weighted by Gasteiger charge is 2.07. The van der Waals surface area contributed by atoms with Crippen molar-refractivity contribution in [1.29, 1.82) is 0 Å². The van der Waals surface area contributed by atoms with Crippen LogP contribution < -0.4 is 4.74 Å². The van der Waals surface area contributed by atoms with Crippen LogP contribution in [0.25, 0.3) is 0 Å². The third-order valence-electron chi connectivity index (χ3n) is 2.16. The Labute approximate surface area is 122 Å². The molecule has 0 saturated carbocycles. The van der Waals surface area contributed by atoms with E-state index >= 15 is 0 Å². The molecule has 1 aromatic carbocycles. The lowest BCUT2D eigenvalue weighted by atomic mass is 10.3. The molecule has 2 rings (SSSR count). The molecule has 94 valence electrons. The maximum atomic E-state index is 12.9. The first-order valence-electron chi connectivity index (χ1n) is 4.93. The van der Waals surface area contributed by atoms with Gasteiger partial charge in [0.15, 0.2) is 0 Å². The van der Waals surface area contributed by atoms with Crippen LogP contribution in [-0.2, 0) is 5.88 Å². The summed E-state index contributed by atoms with van der Waals surface area (Å²) in [6.07, 6.45) is 1.46. The van der Waals surface area contributed by atoms with E-state index in [1.54, 1.807) is 6.07 Å². The predicted octanol–water partition coefficient (Wildman–Crippen LogP) is 5.17. The summed E-state index contributed by atoms with van der Waals surface area (Å²) in [6, 6.07) is 5.77. The van der Waals surface area contributed by atoms with Gasteiger partial charge in [0, 0.05) is 18.1 Å². The molecule has 2 aromatic rings. The van der Waals surface area contributed by atoms with Gasteiger partial charge in [-0.1, -0.05) is 11.6 Å². The Kier molecular flexibility index (Phi) is 4.43. The number of hydrogen-bond acceptors (Lipinski definition) is 2. The lowest BCUT2D eigenvalue weighted by Gasteiger charge is -2.08. The average molecular weight is 351 g/mol. The molecule has 2 nitrogen and oxygen atoms in total. The van der Waals surface area contributed by atoms with Gasteiger partial charge in [0.05, 0.1) is 9.50 Å². The highest BCUT2D eigenvalue weighted by Crippen LogP contribution is 2.30. The summed E-state index contributed by atoms with van der Waals surface area (Å²) in [5, 5.41) is 0.482. The summed E-state index contributed by atoms with van der Waals surface area (Å²) in [5.74, 6) is 0.733. The molecule has 1 heterocycles. The van der Waals surface area contributed by atoms with E-state index in [2.05, 4.69) is 20.9 Å². The first kappa shape index (κ1) is 13.6. The molecule has 0 atom stereocenters. The van der Waals surface area contributed by atoms with Gasteiger partial charge < -0.3 is 4.74 Å². The second kappa shape index (κ2) is 5.87. The summed E-state index contributed by atoms with van der Waals surface area (Å²) < 4.78 is 18.9. The Balaban J connectivity index is 2.28. The molecule has 1 aromatic heterocycles. The fraction of sp³-hybridized carbons (Fsp3) is 0.0833. The van der Waals surface area contributed by atoms with Crippen LogP contribution in [0, 0.1) is 5.82 Å². The fourth-order valence-corrected chi connectivity index (χ4v) is 2.18. The standard InChI is InChI=1S/C12H7BrCl2FNO/c13-9-4-8(16)1-2-11(9)18-12-3-7(5-14)10(15)6-17-12/h1-4,6H,5H2. The number of rotatable bonds is 3. The molecule has 0 aliphatic carbocycles. The average Bonchev–Trinajstić information content (AvgIpc) is 2.35. The monoisotopic (exact) mass is 349 g/mol. The van der Waals surface area contributed by atoms with Gasteiger partial charge in [-0.2, -0.15) is 0 Å². The Bertz CT molecular complexity index is 580. The van der Waals surface area contributed by atoms with Gasteiger partial charge in [0.2, 0.25) is 5.88 Å². The van der Waals surface area contributed by atoms with E-state index in [-0.39, 0.29) is 11.7 Å². The lowest BCUT2D eigenvalue weighted by molar-refractivity contribution is 0.458. The topological polar surface area (TPSA) is 22.1 Å². The third kappa shape index (κ3) is 3.13. The van der Waals surface area contributed by atoms with Crippen LogP contribution in [0.3, 0.4) is 0 Å². The summed E-state index contributed by atoms with van der Waals surface area (Å²) in [5.41, 5.74) is 0.724. The Hall–Kier alpha value is -0.840. The van der Waals surface area contributed by atoms with E-state index < -0.39 is 0 Å². The van der Waals surface area contributed by atoms with Crippen molar-refractivity contribution < 1.29 is 9.13 Å². The molecule has 0 N–H and O–H groups in total. The molecule has 0 fully saturated rings. The van der Waals surface area contributed by atoms with Gasteiger partial charge in [-0.3, -0.25) is 0 Å². The highest BCUT2D eigenvalue weighted by molar-refractivity contribution is 9.10. The molecule has 0 bridgehead atoms. The number of hydrogen-bond donors (Lipinski definition) is 0. The van der Waals surface area contributed by atoms with Crippen LogP contribution in [0.15, 0.2) is 34.9 Å². The second-order valence-electron chi connectivity index (χ2n) is 3.42. The zero-order valence-corrected chi connectivity index (χ0v) is 12.1. The first-order valence-corrected chi connectivity index (χ1v) is 6.64. The number of alkyl halides is 1. The maximum Gasteiger partial charge on any atom is 0.219 e. The first-order chi connectivity index (χ1) is 8.60. The summed E-state index contributed by atoms with van der Waals surface area (Å²) in [6.45, 7) is 0. The number of halogens is 4. The van der Waals surface area contributed by atoms with Crippen molar-refractivity contribution in [3.05, 3.63) is 51.3 Å². The molecule has 0 saturated heterocycles. The third-order valence-corrected chi connectivity index (χ3v) is 3.41. The van der Waals surface area contributed by atoms with Gasteiger partial charge in [0.25, 0.3) is 0 Å². The molecule has 0 radical (unpaired) electrons. The van der Waals surface area contributed by atoms with E-state index in [1.807, 2.05) is 0 Å². The number of aromatic nitrogens is 1. The summed E-state index contributed by atoms with van der Waals surface area (Å²) >= 11 is 14.8. The molecular weight excluding hydrogens is 344 g/mol. The Morgan fingerprint density at radius 2 is 2.11 bits per heavy atom. The number of benzene rings is 1. The molecule has 0 aliphatic rings. The van der Waals surface area contributed by atoms with E-state index in [0.717, 1.165) is 5.56 Å². The zero-order valence-electron chi connectivity index (χ0n) is 8.96. The lowest BCUT2D eigenvalue weighted by Crippen LogP contribution is -1.91. The number of ether oxygens (including phenoxy) is 1. The molecule has 0 unspecified atom stereocenters. The minimum absolute atomic E-state index is 0.266. The van der Waals surface area contributed by atoms with Crippen LogP contribution in [0.1, 0.15) is 5.56 Å². The molecule has 0 aliphatic heterocycles. The van der Waals surface area contributed by atoms with E-state index in [9.17, 15) is 4.39 Å². The van der Waals surface area contributed by atoms with E-state index in [4.69, 9.17) is 27.9 Å². The maximum absolute atomic E-state index is 12.9.